The number of hydrogen-bond donors (Lipinski definition) is 2. The second-order valence-electron chi connectivity index (χ2n) is 3.25. The van der Waals surface area contributed by atoms with Gasteiger partial charge in [-0.3, -0.25) is 14.9 Å². The number of nitrogens with two attached hydrogens (primary N) is 1. The number of nitrogens with zero attached hydrogens (tertiary/aromatic N) is 1. The van der Waals surface area contributed by atoms with Gasteiger partial charge in [-0.05, 0) is 13.0 Å². The lowest BCUT2D eigenvalue weighted by molar-refractivity contribution is -0.385. The van der Waals surface area contributed by atoms with Crippen LogP contribution in [0.4, 0.5) is 5.69 Å². The molecule has 17 heavy (non-hydrogen) atoms. The normalized spacial score (nSPS) is 9.29. The molecule has 1 aromatic carbocycles. The van der Waals surface area contributed by atoms with E-state index in [4.69, 9.17) is 5.73 Å². The van der Waals surface area contributed by atoms with Crippen LogP contribution in [-0.2, 0) is 0 Å². The minimum atomic E-state index is -0.505. The number of carbonyl (C=O) groups excluding carboxylic acids is 1. The van der Waals surface area contributed by atoms with Crippen LogP contribution in [0.25, 0.3) is 0 Å². The maximum Gasteiger partial charge on any atom is 0.273 e. The molecule has 0 atom stereocenters. The topological polar surface area (TPSA) is 98.3 Å². The Morgan fingerprint density at radius 3 is 2.71 bits per heavy atom. The van der Waals surface area contributed by atoms with Crippen LogP contribution in [0.5, 0.6) is 0 Å². The molecule has 7 heteroatoms. The first-order chi connectivity index (χ1) is 7.57. The largest absolute Gasteiger partial charge is 0.351 e. The van der Waals surface area contributed by atoms with Gasteiger partial charge in [0.1, 0.15) is 0 Å². The molecule has 0 bridgehead atoms. The second-order valence-corrected chi connectivity index (χ2v) is 3.25. The Morgan fingerprint density at radius 2 is 2.18 bits per heavy atom. The standard InChI is InChI=1S/C10H13N3O3.ClH/c1-7-8(10(14)12-6-5-11)3-2-4-9(7)13(15)16;/h2-4H,5-6,11H2,1H3,(H,12,14);1H. The fraction of sp³-hybridized carbons (Fsp3) is 0.300. The maximum absolute atomic E-state index is 11.6. The number of rotatable bonds is 4. The van der Waals surface area contributed by atoms with E-state index < -0.39 is 4.92 Å². The Balaban J connectivity index is 0.00000256. The summed E-state index contributed by atoms with van der Waals surface area (Å²) in [5.41, 5.74) is 5.86. The Bertz CT molecular complexity index is 423. The molecule has 0 aliphatic heterocycles. The van der Waals surface area contributed by atoms with Crippen molar-refractivity contribution < 1.29 is 9.72 Å². The van der Waals surface area contributed by atoms with Crippen LogP contribution in [0.1, 0.15) is 15.9 Å². The molecule has 1 rings (SSSR count). The molecule has 6 nitrogen and oxygen atoms in total. The Labute approximate surface area is 105 Å². The molecule has 1 aromatic rings. The quantitative estimate of drug-likeness (QED) is 0.623. The smallest absolute Gasteiger partial charge is 0.273 e. The van der Waals surface area contributed by atoms with Crippen LogP contribution >= 0.6 is 12.4 Å². The minimum Gasteiger partial charge on any atom is -0.351 e. The highest BCUT2D eigenvalue weighted by Gasteiger charge is 2.17. The molecular weight excluding hydrogens is 246 g/mol. The Kier molecular flexibility index (Phi) is 6.16. The number of amides is 1. The summed E-state index contributed by atoms with van der Waals surface area (Å²) in [7, 11) is 0. The number of benzene rings is 1. The number of nitro benzene ring substituents is 1. The van der Waals surface area contributed by atoms with Gasteiger partial charge in [0.2, 0.25) is 0 Å². The summed E-state index contributed by atoms with van der Waals surface area (Å²) >= 11 is 0. The first-order valence-corrected chi connectivity index (χ1v) is 4.80. The lowest BCUT2D eigenvalue weighted by Gasteiger charge is -2.06. The lowest BCUT2D eigenvalue weighted by Crippen LogP contribution is -2.29. The van der Waals surface area contributed by atoms with Crippen LogP contribution < -0.4 is 11.1 Å². The number of nitrogens with one attached hydrogen (secondary N) is 1. The van der Waals surface area contributed by atoms with Crippen LogP contribution in [0, 0.1) is 17.0 Å². The molecule has 0 unspecified atom stereocenters. The van der Waals surface area contributed by atoms with E-state index in [9.17, 15) is 14.9 Å². The van der Waals surface area contributed by atoms with Gasteiger partial charge in [-0.25, -0.2) is 0 Å². The number of hydrogen-bond acceptors (Lipinski definition) is 4. The SMILES string of the molecule is Cc1c(C(=O)NCCN)cccc1[N+](=O)[O-].Cl. The highest BCUT2D eigenvalue weighted by Crippen LogP contribution is 2.20. The molecule has 0 aliphatic rings. The molecule has 0 heterocycles. The molecule has 0 fully saturated rings. The summed E-state index contributed by atoms with van der Waals surface area (Å²) in [5, 5.41) is 13.2. The summed E-state index contributed by atoms with van der Waals surface area (Å²) in [6, 6.07) is 4.41. The first-order valence-electron chi connectivity index (χ1n) is 4.80. The van der Waals surface area contributed by atoms with Crippen LogP contribution in [-0.4, -0.2) is 23.9 Å². The monoisotopic (exact) mass is 259 g/mol. The van der Waals surface area contributed by atoms with E-state index in [-0.39, 0.29) is 24.0 Å². The van der Waals surface area contributed by atoms with Crippen molar-refractivity contribution in [3.05, 3.63) is 39.4 Å². The minimum absolute atomic E-state index is 0. The van der Waals surface area contributed by atoms with Crippen molar-refractivity contribution in [2.24, 2.45) is 5.73 Å². The summed E-state index contributed by atoms with van der Waals surface area (Å²) in [6.45, 7) is 2.23. The molecule has 1 amide bonds. The van der Waals surface area contributed by atoms with E-state index in [0.29, 0.717) is 24.2 Å². The molecular formula is C10H14ClN3O3. The molecule has 0 radical (unpaired) electrons. The van der Waals surface area contributed by atoms with Gasteiger partial charge < -0.3 is 11.1 Å². The predicted octanol–water partition coefficient (Wildman–Crippen LogP) is 1.01. The van der Waals surface area contributed by atoms with E-state index in [0.717, 1.165) is 0 Å². The van der Waals surface area contributed by atoms with Gasteiger partial charge in [-0.15, -0.1) is 12.4 Å². The van der Waals surface area contributed by atoms with Crippen molar-refractivity contribution >= 4 is 24.0 Å². The van der Waals surface area contributed by atoms with Crippen LogP contribution in [0.15, 0.2) is 18.2 Å². The lowest BCUT2D eigenvalue weighted by atomic mass is 10.1. The van der Waals surface area contributed by atoms with Gasteiger partial charge in [-0.1, -0.05) is 6.07 Å². The molecule has 0 saturated carbocycles. The van der Waals surface area contributed by atoms with Gasteiger partial charge in [0, 0.05) is 30.3 Å². The Hall–Kier alpha value is -1.66. The third-order valence-electron chi connectivity index (χ3n) is 2.18. The predicted molar refractivity (Wildman–Crippen MR) is 66.5 cm³/mol. The van der Waals surface area contributed by atoms with Crippen molar-refractivity contribution in [2.75, 3.05) is 13.1 Å². The van der Waals surface area contributed by atoms with E-state index >= 15 is 0 Å². The van der Waals surface area contributed by atoms with Crippen molar-refractivity contribution in [2.45, 2.75) is 6.92 Å². The maximum atomic E-state index is 11.6. The highest BCUT2D eigenvalue weighted by atomic mass is 35.5. The summed E-state index contributed by atoms with van der Waals surface area (Å²) in [6.07, 6.45) is 0. The summed E-state index contributed by atoms with van der Waals surface area (Å²) in [4.78, 5) is 21.8. The van der Waals surface area contributed by atoms with Gasteiger partial charge >= 0.3 is 0 Å². The molecule has 94 valence electrons. The fourth-order valence-electron chi connectivity index (χ4n) is 1.35. The van der Waals surface area contributed by atoms with Crippen molar-refractivity contribution in [1.29, 1.82) is 0 Å². The van der Waals surface area contributed by atoms with Crippen molar-refractivity contribution in [3.8, 4) is 0 Å². The molecule has 0 spiro atoms. The molecule has 0 saturated heterocycles. The van der Waals surface area contributed by atoms with Gasteiger partial charge in [0.05, 0.1) is 4.92 Å². The van der Waals surface area contributed by atoms with E-state index in [1.165, 1.54) is 12.1 Å². The fourth-order valence-corrected chi connectivity index (χ4v) is 1.35. The second kappa shape index (κ2) is 6.82. The molecule has 3 N–H and O–H groups in total. The number of nitro groups is 1. The zero-order chi connectivity index (χ0) is 12.1. The average Bonchev–Trinajstić information content (AvgIpc) is 2.25. The molecule has 0 aromatic heterocycles. The van der Waals surface area contributed by atoms with E-state index in [2.05, 4.69) is 5.32 Å². The first kappa shape index (κ1) is 15.3. The Morgan fingerprint density at radius 1 is 1.53 bits per heavy atom. The van der Waals surface area contributed by atoms with Crippen LogP contribution in [0.3, 0.4) is 0 Å². The number of halogens is 1. The van der Waals surface area contributed by atoms with Crippen LogP contribution in [0.2, 0.25) is 0 Å². The summed E-state index contributed by atoms with van der Waals surface area (Å²) < 4.78 is 0. The van der Waals surface area contributed by atoms with Crippen molar-refractivity contribution in [3.63, 3.8) is 0 Å². The average molecular weight is 260 g/mol. The van der Waals surface area contributed by atoms with Gasteiger partial charge in [0.25, 0.3) is 11.6 Å². The highest BCUT2D eigenvalue weighted by molar-refractivity contribution is 5.96. The summed E-state index contributed by atoms with van der Waals surface area (Å²) in [5.74, 6) is -0.341. The zero-order valence-corrected chi connectivity index (χ0v) is 10.1. The number of carbonyl (C=O) groups is 1. The third-order valence-corrected chi connectivity index (χ3v) is 2.18. The van der Waals surface area contributed by atoms with E-state index in [1.54, 1.807) is 13.0 Å². The zero-order valence-electron chi connectivity index (χ0n) is 9.30. The van der Waals surface area contributed by atoms with Gasteiger partial charge in [0.15, 0.2) is 0 Å². The van der Waals surface area contributed by atoms with E-state index in [1.807, 2.05) is 0 Å². The third kappa shape index (κ3) is 3.69. The van der Waals surface area contributed by atoms with Gasteiger partial charge in [-0.2, -0.15) is 0 Å². The van der Waals surface area contributed by atoms with Crippen molar-refractivity contribution in [1.82, 2.24) is 5.32 Å². The molecule has 0 aliphatic carbocycles.